The molecule has 0 aliphatic heterocycles. The fraction of sp³-hybridized carbons (Fsp3) is 0.231. The molecule has 0 radical (unpaired) electrons. The van der Waals surface area contributed by atoms with Crippen molar-refractivity contribution in [1.29, 1.82) is 0 Å². The lowest BCUT2D eigenvalue weighted by Crippen LogP contribution is -2.07. The van der Waals surface area contributed by atoms with Gasteiger partial charge in [0.1, 0.15) is 4.88 Å². The summed E-state index contributed by atoms with van der Waals surface area (Å²) in [5, 5.41) is 12.7. The zero-order chi connectivity index (χ0) is 13.1. The van der Waals surface area contributed by atoms with Gasteiger partial charge in [-0.25, -0.2) is 9.78 Å². The smallest absolute Gasteiger partial charge is 0.347 e. The van der Waals surface area contributed by atoms with Gasteiger partial charge in [-0.2, -0.15) is 0 Å². The molecule has 0 spiro atoms. The van der Waals surface area contributed by atoms with Crippen LogP contribution in [0.4, 0.5) is 5.13 Å². The van der Waals surface area contributed by atoms with Gasteiger partial charge in [0.25, 0.3) is 0 Å². The third-order valence-corrected chi connectivity index (χ3v) is 3.63. The fourth-order valence-electron chi connectivity index (χ4n) is 1.78. The van der Waals surface area contributed by atoms with Gasteiger partial charge in [-0.3, -0.25) is 0 Å². The molecule has 0 bridgehead atoms. The largest absolute Gasteiger partial charge is 0.477 e. The average molecular weight is 262 g/mol. The maximum Gasteiger partial charge on any atom is 0.347 e. The Labute approximate surface area is 109 Å². The van der Waals surface area contributed by atoms with E-state index < -0.39 is 5.97 Å². The zero-order valence-corrected chi connectivity index (χ0v) is 11.0. The van der Waals surface area contributed by atoms with Gasteiger partial charge in [0.05, 0.1) is 12.2 Å². The Morgan fingerprint density at radius 1 is 1.44 bits per heavy atom. The Hall–Kier alpha value is -1.88. The van der Waals surface area contributed by atoms with Crippen LogP contribution in [0.15, 0.2) is 30.5 Å². The molecule has 0 saturated heterocycles. The first kappa shape index (κ1) is 12.6. The number of thiazole rings is 1. The number of hydrogen-bond acceptors (Lipinski definition) is 4. The highest BCUT2D eigenvalue weighted by Gasteiger charge is 2.12. The van der Waals surface area contributed by atoms with E-state index in [0.29, 0.717) is 5.13 Å². The quantitative estimate of drug-likeness (QED) is 0.887. The van der Waals surface area contributed by atoms with Crippen molar-refractivity contribution < 1.29 is 9.90 Å². The minimum Gasteiger partial charge on any atom is -0.477 e. The number of carbonyl (C=O) groups is 1. The summed E-state index contributed by atoms with van der Waals surface area (Å²) in [4.78, 5) is 15.1. The Morgan fingerprint density at radius 3 is 2.78 bits per heavy atom. The molecule has 0 aliphatic carbocycles. The first-order valence-electron chi connectivity index (χ1n) is 5.59. The van der Waals surface area contributed by atoms with Crippen LogP contribution < -0.4 is 5.32 Å². The zero-order valence-electron chi connectivity index (χ0n) is 10.2. The SMILES string of the molecule is Cc1ccccc1C(C)Nc1ncc(C(=O)O)s1. The van der Waals surface area contributed by atoms with E-state index in [1.807, 2.05) is 19.1 Å². The molecule has 0 fully saturated rings. The van der Waals surface area contributed by atoms with Crippen molar-refractivity contribution in [3.63, 3.8) is 0 Å². The third kappa shape index (κ3) is 2.68. The second-order valence-corrected chi connectivity index (χ2v) is 5.09. The summed E-state index contributed by atoms with van der Waals surface area (Å²) in [6, 6.07) is 8.19. The number of anilines is 1. The lowest BCUT2D eigenvalue weighted by atomic mass is 10.0. The number of hydrogen-bond donors (Lipinski definition) is 2. The number of nitrogens with zero attached hydrogens (tertiary/aromatic N) is 1. The fourth-order valence-corrected chi connectivity index (χ4v) is 2.52. The Bertz CT molecular complexity index is 566. The molecule has 1 aromatic heterocycles. The Balaban J connectivity index is 2.13. The van der Waals surface area contributed by atoms with Crippen LogP contribution in [0.5, 0.6) is 0 Å². The Kier molecular flexibility index (Phi) is 3.62. The number of carboxylic acids is 1. The number of carboxylic acid groups (broad SMARTS) is 1. The minimum atomic E-state index is -0.941. The van der Waals surface area contributed by atoms with Crippen molar-refractivity contribution in [1.82, 2.24) is 4.98 Å². The van der Waals surface area contributed by atoms with E-state index >= 15 is 0 Å². The van der Waals surface area contributed by atoms with Crippen LogP contribution in [0.3, 0.4) is 0 Å². The lowest BCUT2D eigenvalue weighted by Gasteiger charge is -2.15. The minimum absolute atomic E-state index is 0.0963. The monoisotopic (exact) mass is 262 g/mol. The number of nitrogens with one attached hydrogen (secondary N) is 1. The van der Waals surface area contributed by atoms with Gasteiger partial charge in [-0.15, -0.1) is 0 Å². The Morgan fingerprint density at radius 2 is 2.17 bits per heavy atom. The molecule has 0 amide bonds. The maximum absolute atomic E-state index is 10.8. The molecule has 0 saturated carbocycles. The van der Waals surface area contributed by atoms with Crippen molar-refractivity contribution in [2.45, 2.75) is 19.9 Å². The highest BCUT2D eigenvalue weighted by Crippen LogP contribution is 2.25. The van der Waals surface area contributed by atoms with E-state index in [0.717, 1.165) is 11.3 Å². The molecule has 5 heteroatoms. The van der Waals surface area contributed by atoms with Gasteiger partial charge in [-0.05, 0) is 25.0 Å². The molecule has 0 aliphatic rings. The van der Waals surface area contributed by atoms with Crippen LogP contribution >= 0.6 is 11.3 Å². The summed E-state index contributed by atoms with van der Waals surface area (Å²) in [5.74, 6) is -0.941. The predicted molar refractivity (Wildman–Crippen MR) is 72.3 cm³/mol. The molecule has 2 N–H and O–H groups in total. The van der Waals surface area contributed by atoms with Crippen LogP contribution in [0.2, 0.25) is 0 Å². The van der Waals surface area contributed by atoms with Gasteiger partial charge >= 0.3 is 5.97 Å². The van der Waals surface area contributed by atoms with E-state index in [1.165, 1.54) is 17.3 Å². The molecule has 2 aromatic rings. The first-order chi connectivity index (χ1) is 8.58. The summed E-state index contributed by atoms with van der Waals surface area (Å²) in [5.41, 5.74) is 2.39. The second-order valence-electron chi connectivity index (χ2n) is 4.06. The molecule has 1 unspecified atom stereocenters. The van der Waals surface area contributed by atoms with E-state index in [2.05, 4.69) is 29.4 Å². The van der Waals surface area contributed by atoms with E-state index in [-0.39, 0.29) is 10.9 Å². The van der Waals surface area contributed by atoms with Gasteiger partial charge in [0.15, 0.2) is 5.13 Å². The van der Waals surface area contributed by atoms with Gasteiger partial charge in [-0.1, -0.05) is 35.6 Å². The summed E-state index contributed by atoms with van der Waals surface area (Å²) < 4.78 is 0. The molecule has 1 heterocycles. The molecule has 1 aromatic carbocycles. The second kappa shape index (κ2) is 5.18. The normalized spacial score (nSPS) is 12.1. The van der Waals surface area contributed by atoms with Crippen molar-refractivity contribution >= 4 is 22.4 Å². The number of aromatic nitrogens is 1. The molecular formula is C13H14N2O2S. The van der Waals surface area contributed by atoms with Crippen molar-refractivity contribution in [3.8, 4) is 0 Å². The van der Waals surface area contributed by atoms with Crippen LogP contribution in [0, 0.1) is 6.92 Å². The van der Waals surface area contributed by atoms with Crippen molar-refractivity contribution in [2.24, 2.45) is 0 Å². The van der Waals surface area contributed by atoms with Crippen LogP contribution in [0.1, 0.15) is 33.8 Å². The number of rotatable bonds is 4. The highest BCUT2D eigenvalue weighted by atomic mass is 32.1. The van der Waals surface area contributed by atoms with Crippen molar-refractivity contribution in [2.75, 3.05) is 5.32 Å². The third-order valence-electron chi connectivity index (χ3n) is 2.71. The number of aromatic carboxylic acids is 1. The predicted octanol–water partition coefficient (Wildman–Crippen LogP) is 3.32. The van der Waals surface area contributed by atoms with Crippen LogP contribution in [-0.4, -0.2) is 16.1 Å². The standard InChI is InChI=1S/C13H14N2O2S/c1-8-5-3-4-6-10(8)9(2)15-13-14-7-11(18-13)12(16)17/h3-7,9H,1-2H3,(H,14,15)(H,16,17). The van der Waals surface area contributed by atoms with E-state index in [1.54, 1.807) is 0 Å². The summed E-state index contributed by atoms with van der Waals surface area (Å²) in [6.45, 7) is 4.09. The average Bonchev–Trinajstić information content (AvgIpc) is 2.78. The van der Waals surface area contributed by atoms with Crippen molar-refractivity contribution in [3.05, 3.63) is 46.5 Å². The summed E-state index contributed by atoms with van der Waals surface area (Å²) in [7, 11) is 0. The van der Waals surface area contributed by atoms with Crippen LogP contribution in [-0.2, 0) is 0 Å². The first-order valence-corrected chi connectivity index (χ1v) is 6.41. The molecular weight excluding hydrogens is 248 g/mol. The number of aryl methyl sites for hydroxylation is 1. The lowest BCUT2D eigenvalue weighted by molar-refractivity contribution is 0.0702. The summed E-state index contributed by atoms with van der Waals surface area (Å²) in [6.07, 6.45) is 1.37. The van der Waals surface area contributed by atoms with Gasteiger partial charge in [0, 0.05) is 0 Å². The molecule has 18 heavy (non-hydrogen) atoms. The molecule has 2 rings (SSSR count). The van der Waals surface area contributed by atoms with Crippen LogP contribution in [0.25, 0.3) is 0 Å². The number of benzene rings is 1. The molecule has 1 atom stereocenters. The topological polar surface area (TPSA) is 62.2 Å². The van der Waals surface area contributed by atoms with E-state index in [9.17, 15) is 4.79 Å². The highest BCUT2D eigenvalue weighted by molar-refractivity contribution is 7.17. The maximum atomic E-state index is 10.8. The molecule has 4 nitrogen and oxygen atoms in total. The summed E-state index contributed by atoms with van der Waals surface area (Å²) >= 11 is 1.15. The molecule has 94 valence electrons. The van der Waals surface area contributed by atoms with Gasteiger partial charge in [0.2, 0.25) is 0 Å². The van der Waals surface area contributed by atoms with E-state index in [4.69, 9.17) is 5.11 Å². The van der Waals surface area contributed by atoms with Gasteiger partial charge < -0.3 is 10.4 Å².